The molecule has 0 radical (unpaired) electrons. The van der Waals surface area contributed by atoms with E-state index in [0.717, 1.165) is 11.6 Å². The number of carbonyl (C=O) groups excluding carboxylic acids is 3. The first-order chi connectivity index (χ1) is 15.9. The van der Waals surface area contributed by atoms with Crippen LogP contribution in [0.5, 0.6) is 17.2 Å². The number of aromatic hydroxyl groups is 2. The maximum Gasteiger partial charge on any atom is 0.337 e. The summed E-state index contributed by atoms with van der Waals surface area (Å²) in [5.41, 5.74) is 0.595. The van der Waals surface area contributed by atoms with Gasteiger partial charge in [-0.15, -0.1) is 0 Å². The molecule has 1 unspecified atom stereocenters. The number of hydrogen-bond donors (Lipinski definition) is 2. The van der Waals surface area contributed by atoms with Crippen molar-refractivity contribution >= 4 is 17.5 Å². The normalized spacial score (nSPS) is 19.1. The van der Waals surface area contributed by atoms with Crippen molar-refractivity contribution in [1.29, 1.82) is 0 Å². The van der Waals surface area contributed by atoms with Crippen LogP contribution in [0.1, 0.15) is 32.7 Å². The molecule has 8 nitrogen and oxygen atoms in total. The molecule has 0 spiro atoms. The minimum absolute atomic E-state index is 0.00540. The SMILES string of the molecule is COC(=O)C1=CCC(N2Cc3ccccc3OC3=C2C(=O)c2c(O)ccc(O)c2C3=O)C=C1. The summed E-state index contributed by atoms with van der Waals surface area (Å²) < 4.78 is 10.7. The van der Waals surface area contributed by atoms with Crippen LogP contribution in [0.2, 0.25) is 0 Å². The Morgan fingerprint density at radius 3 is 2.42 bits per heavy atom. The van der Waals surface area contributed by atoms with Crippen molar-refractivity contribution in [1.82, 2.24) is 4.90 Å². The van der Waals surface area contributed by atoms with Gasteiger partial charge in [0.2, 0.25) is 17.3 Å². The Morgan fingerprint density at radius 2 is 1.76 bits per heavy atom. The van der Waals surface area contributed by atoms with Gasteiger partial charge in [-0.25, -0.2) is 4.79 Å². The zero-order valence-electron chi connectivity index (χ0n) is 17.6. The fourth-order valence-electron chi connectivity index (χ4n) is 4.34. The first-order valence-electron chi connectivity index (χ1n) is 10.3. The monoisotopic (exact) mass is 445 g/mol. The Morgan fingerprint density at radius 1 is 1.06 bits per heavy atom. The van der Waals surface area contributed by atoms with E-state index in [2.05, 4.69) is 0 Å². The Hall–Kier alpha value is -4.33. The molecular formula is C25H19NO7. The van der Waals surface area contributed by atoms with E-state index >= 15 is 0 Å². The summed E-state index contributed by atoms with van der Waals surface area (Å²) >= 11 is 0. The highest BCUT2D eigenvalue weighted by molar-refractivity contribution is 6.28. The van der Waals surface area contributed by atoms with E-state index in [1.807, 2.05) is 12.1 Å². The molecule has 1 aliphatic heterocycles. The number of para-hydroxylation sites is 1. The first kappa shape index (κ1) is 20.6. The molecule has 2 aromatic rings. The number of benzene rings is 2. The van der Waals surface area contributed by atoms with Crippen LogP contribution in [0.25, 0.3) is 0 Å². The van der Waals surface area contributed by atoms with Crippen molar-refractivity contribution in [3.63, 3.8) is 0 Å². The molecule has 2 aliphatic carbocycles. The molecule has 1 atom stereocenters. The maximum atomic E-state index is 13.6. The van der Waals surface area contributed by atoms with Crippen molar-refractivity contribution in [3.05, 3.63) is 88.3 Å². The number of fused-ring (bicyclic) bond motifs is 2. The second-order valence-corrected chi connectivity index (χ2v) is 7.84. The summed E-state index contributed by atoms with van der Waals surface area (Å²) in [6.45, 7) is 0.249. The number of methoxy groups -OCH3 is 1. The third-order valence-corrected chi connectivity index (χ3v) is 5.96. The predicted octanol–water partition coefficient (Wildman–Crippen LogP) is 3.01. The topological polar surface area (TPSA) is 113 Å². The van der Waals surface area contributed by atoms with Gasteiger partial charge in [0.15, 0.2) is 0 Å². The van der Waals surface area contributed by atoms with Crippen LogP contribution in [0.15, 0.2) is 71.7 Å². The van der Waals surface area contributed by atoms with Crippen molar-refractivity contribution in [2.24, 2.45) is 0 Å². The van der Waals surface area contributed by atoms with Crippen LogP contribution < -0.4 is 4.74 Å². The van der Waals surface area contributed by atoms with Crippen LogP contribution in [-0.4, -0.2) is 45.8 Å². The number of Topliss-reactive ketones (excluding diaryl/α,β-unsaturated/α-hetero) is 2. The summed E-state index contributed by atoms with van der Waals surface area (Å²) in [6, 6.07) is 9.07. The van der Waals surface area contributed by atoms with Gasteiger partial charge in [0.25, 0.3) is 0 Å². The molecule has 0 saturated carbocycles. The molecule has 0 bridgehead atoms. The Kier molecular flexibility index (Phi) is 4.78. The minimum atomic E-state index is -0.694. The third-order valence-electron chi connectivity index (χ3n) is 5.96. The highest BCUT2D eigenvalue weighted by Crippen LogP contribution is 2.42. The number of carbonyl (C=O) groups is 3. The summed E-state index contributed by atoms with van der Waals surface area (Å²) in [4.78, 5) is 40.6. The molecule has 3 aliphatic rings. The van der Waals surface area contributed by atoms with Crippen LogP contribution in [0, 0.1) is 0 Å². The van der Waals surface area contributed by atoms with Gasteiger partial charge in [-0.2, -0.15) is 0 Å². The van der Waals surface area contributed by atoms with Gasteiger partial charge in [-0.1, -0.05) is 30.4 Å². The largest absolute Gasteiger partial charge is 0.507 e. The molecule has 0 fully saturated rings. The lowest BCUT2D eigenvalue weighted by molar-refractivity contribution is -0.135. The summed E-state index contributed by atoms with van der Waals surface area (Å²) in [5, 5.41) is 20.7. The number of hydrogen-bond acceptors (Lipinski definition) is 8. The molecule has 2 aromatic carbocycles. The van der Waals surface area contributed by atoms with Gasteiger partial charge in [0.1, 0.15) is 22.9 Å². The zero-order chi connectivity index (χ0) is 23.3. The third kappa shape index (κ3) is 3.18. The number of esters is 1. The number of ketones is 2. The first-order valence-corrected chi connectivity index (χ1v) is 10.3. The Balaban J connectivity index is 1.66. The van der Waals surface area contributed by atoms with E-state index in [-0.39, 0.29) is 35.2 Å². The van der Waals surface area contributed by atoms with Gasteiger partial charge in [0, 0.05) is 12.1 Å². The highest BCUT2D eigenvalue weighted by atomic mass is 16.5. The van der Waals surface area contributed by atoms with Gasteiger partial charge in [0.05, 0.1) is 29.9 Å². The van der Waals surface area contributed by atoms with Crippen LogP contribution in [-0.2, 0) is 16.1 Å². The molecule has 33 heavy (non-hydrogen) atoms. The smallest absolute Gasteiger partial charge is 0.337 e. The summed E-state index contributed by atoms with van der Waals surface area (Å²) in [7, 11) is 1.30. The highest BCUT2D eigenvalue weighted by Gasteiger charge is 2.43. The molecular weight excluding hydrogens is 426 g/mol. The molecule has 8 heteroatoms. The molecule has 2 N–H and O–H groups in total. The van der Waals surface area contributed by atoms with Crippen molar-refractivity contribution < 1.29 is 34.1 Å². The van der Waals surface area contributed by atoms with Gasteiger partial charge in [-0.3, -0.25) is 9.59 Å². The van der Waals surface area contributed by atoms with Gasteiger partial charge < -0.3 is 24.6 Å². The lowest BCUT2D eigenvalue weighted by Gasteiger charge is -2.34. The Bertz CT molecular complexity index is 1320. The van der Waals surface area contributed by atoms with E-state index < -0.39 is 29.0 Å². The molecule has 0 saturated heterocycles. The number of rotatable bonds is 2. The van der Waals surface area contributed by atoms with E-state index in [1.165, 1.54) is 13.2 Å². The number of allylic oxidation sites excluding steroid dienone is 2. The number of nitrogens with zero attached hydrogens (tertiary/aromatic N) is 1. The van der Waals surface area contributed by atoms with Crippen molar-refractivity contribution in [2.45, 2.75) is 19.0 Å². The fourth-order valence-corrected chi connectivity index (χ4v) is 4.34. The molecule has 0 aromatic heterocycles. The van der Waals surface area contributed by atoms with Gasteiger partial charge in [-0.05, 0) is 30.7 Å². The van der Waals surface area contributed by atoms with Gasteiger partial charge >= 0.3 is 5.97 Å². The Labute approximate surface area is 188 Å². The zero-order valence-corrected chi connectivity index (χ0v) is 17.6. The average molecular weight is 445 g/mol. The molecule has 166 valence electrons. The van der Waals surface area contributed by atoms with E-state index in [1.54, 1.807) is 35.3 Å². The second-order valence-electron chi connectivity index (χ2n) is 7.84. The van der Waals surface area contributed by atoms with Crippen molar-refractivity contribution in [3.8, 4) is 17.2 Å². The van der Waals surface area contributed by atoms with Crippen molar-refractivity contribution in [2.75, 3.05) is 7.11 Å². The quantitative estimate of drug-likeness (QED) is 0.536. The van der Waals surface area contributed by atoms with Crippen LogP contribution in [0.3, 0.4) is 0 Å². The minimum Gasteiger partial charge on any atom is -0.507 e. The lowest BCUT2D eigenvalue weighted by atomic mass is 9.88. The van der Waals surface area contributed by atoms with E-state index in [4.69, 9.17) is 9.47 Å². The maximum absolute atomic E-state index is 13.6. The lowest BCUT2D eigenvalue weighted by Crippen LogP contribution is -2.40. The molecule has 1 heterocycles. The fraction of sp³-hybridized carbons (Fsp3) is 0.160. The number of phenols is 2. The average Bonchev–Trinajstić information content (AvgIpc) is 3.01. The molecule has 5 rings (SSSR count). The molecule has 0 amide bonds. The van der Waals surface area contributed by atoms with E-state index in [0.29, 0.717) is 17.7 Å². The summed E-state index contributed by atoms with van der Waals surface area (Å²) in [5.74, 6) is -2.40. The number of phenolic OH excluding ortho intramolecular Hbond substituents is 2. The summed E-state index contributed by atoms with van der Waals surface area (Å²) in [6.07, 6.45) is 5.46. The van der Waals surface area contributed by atoms with E-state index in [9.17, 15) is 24.6 Å². The predicted molar refractivity (Wildman–Crippen MR) is 116 cm³/mol. The second kappa shape index (κ2) is 7.67. The van der Waals surface area contributed by atoms with Crippen LogP contribution >= 0.6 is 0 Å². The van der Waals surface area contributed by atoms with Crippen LogP contribution in [0.4, 0.5) is 0 Å². The number of ether oxygens (including phenoxy) is 2. The standard InChI is InChI=1S/C25H19NO7/c1-32-25(31)13-6-8-15(9-7-13)26-12-14-4-2-3-5-18(14)33-24-21(26)22(29)19-16(27)10-11-17(28)20(19)23(24)30/h2-8,10-11,15,27-28H,9,12H2,1H3.